The average Bonchev–Trinajstić information content (AvgIpc) is 2.89. The number of rotatable bonds is 4. The Kier molecular flexibility index (Phi) is 6.05. The quantitative estimate of drug-likeness (QED) is 0.787. The van der Waals surface area contributed by atoms with Gasteiger partial charge in [-0.3, -0.25) is 9.52 Å². The molecule has 1 N–H and O–H groups in total. The van der Waals surface area contributed by atoms with E-state index in [4.69, 9.17) is 0 Å². The van der Waals surface area contributed by atoms with E-state index in [0.29, 0.717) is 41.6 Å². The standard InChI is InChI=1S/C23H33N3O3S/c1-14-8-10-26(11-9-14)23(27)20-18(5)25(7)19(6)22(20)30(28,29)24-21-16(3)12-15(2)13-17(21)4/h12-14,24H,8-11H2,1-7H3. The van der Waals surface area contributed by atoms with Crippen molar-refractivity contribution in [2.75, 3.05) is 17.8 Å². The van der Waals surface area contributed by atoms with Crippen LogP contribution in [0.25, 0.3) is 0 Å². The molecule has 2 heterocycles. The SMILES string of the molecule is Cc1cc(C)c(NS(=O)(=O)c2c(C(=O)N3CCC(C)CC3)c(C)n(C)c2C)c(C)c1. The van der Waals surface area contributed by atoms with Crippen molar-refractivity contribution < 1.29 is 13.2 Å². The molecule has 1 aliphatic heterocycles. The van der Waals surface area contributed by atoms with Crippen LogP contribution in [0.15, 0.2) is 17.0 Å². The van der Waals surface area contributed by atoms with Gasteiger partial charge in [-0.1, -0.05) is 24.6 Å². The van der Waals surface area contributed by atoms with Crippen molar-refractivity contribution in [2.24, 2.45) is 13.0 Å². The van der Waals surface area contributed by atoms with Gasteiger partial charge >= 0.3 is 0 Å². The number of aromatic nitrogens is 1. The van der Waals surface area contributed by atoms with Gasteiger partial charge in [0.1, 0.15) is 4.90 Å². The maximum atomic E-state index is 13.5. The van der Waals surface area contributed by atoms with Gasteiger partial charge in [0.15, 0.2) is 0 Å². The minimum Gasteiger partial charge on any atom is -0.350 e. The fourth-order valence-corrected chi connectivity index (χ4v) is 6.12. The van der Waals surface area contributed by atoms with Crippen LogP contribution < -0.4 is 4.72 Å². The first-order chi connectivity index (χ1) is 13.9. The van der Waals surface area contributed by atoms with Gasteiger partial charge in [-0.2, -0.15) is 0 Å². The maximum Gasteiger partial charge on any atom is 0.264 e. The normalized spacial score (nSPS) is 15.5. The van der Waals surface area contributed by atoms with Crippen LogP contribution in [0.4, 0.5) is 5.69 Å². The molecule has 7 heteroatoms. The molecule has 0 spiro atoms. The third kappa shape index (κ3) is 4.00. The number of nitrogens with one attached hydrogen (secondary N) is 1. The van der Waals surface area contributed by atoms with Crippen molar-refractivity contribution in [3.63, 3.8) is 0 Å². The second kappa shape index (κ2) is 8.10. The number of benzene rings is 1. The number of sulfonamides is 1. The van der Waals surface area contributed by atoms with Crippen LogP contribution >= 0.6 is 0 Å². The molecule has 1 amide bonds. The molecule has 1 aliphatic rings. The molecule has 1 fully saturated rings. The lowest BCUT2D eigenvalue weighted by Gasteiger charge is -2.30. The van der Waals surface area contributed by atoms with Crippen LogP contribution in [0.1, 0.15) is 58.2 Å². The van der Waals surface area contributed by atoms with Crippen molar-refractivity contribution >= 4 is 21.6 Å². The van der Waals surface area contributed by atoms with Gasteiger partial charge in [0.2, 0.25) is 0 Å². The van der Waals surface area contributed by atoms with Crippen molar-refractivity contribution in [1.29, 1.82) is 0 Å². The highest BCUT2D eigenvalue weighted by Gasteiger charge is 2.34. The molecule has 2 aromatic rings. The second-order valence-electron chi connectivity index (χ2n) is 8.79. The summed E-state index contributed by atoms with van der Waals surface area (Å²) in [6.07, 6.45) is 1.89. The number of hydrogen-bond donors (Lipinski definition) is 1. The predicted octanol–water partition coefficient (Wildman–Crippen LogP) is 4.24. The van der Waals surface area contributed by atoms with Gasteiger partial charge in [0.25, 0.3) is 15.9 Å². The minimum absolute atomic E-state index is 0.0884. The number of amides is 1. The van der Waals surface area contributed by atoms with E-state index in [9.17, 15) is 13.2 Å². The average molecular weight is 432 g/mol. The number of hydrogen-bond acceptors (Lipinski definition) is 3. The number of anilines is 1. The Bertz CT molecular complexity index is 1070. The molecule has 0 bridgehead atoms. The smallest absolute Gasteiger partial charge is 0.264 e. The van der Waals surface area contributed by atoms with Crippen LogP contribution in [0.5, 0.6) is 0 Å². The van der Waals surface area contributed by atoms with Gasteiger partial charge in [0.05, 0.1) is 11.3 Å². The molecular formula is C23H33N3O3S. The summed E-state index contributed by atoms with van der Waals surface area (Å²) in [4.78, 5) is 15.3. The van der Waals surface area contributed by atoms with Crippen molar-refractivity contribution in [1.82, 2.24) is 9.47 Å². The highest BCUT2D eigenvalue weighted by atomic mass is 32.2. The lowest BCUT2D eigenvalue weighted by atomic mass is 9.98. The molecule has 1 aromatic carbocycles. The summed E-state index contributed by atoms with van der Waals surface area (Å²) in [5.74, 6) is 0.394. The van der Waals surface area contributed by atoms with E-state index in [1.54, 1.807) is 23.4 Å². The van der Waals surface area contributed by atoms with Crippen LogP contribution in [0.3, 0.4) is 0 Å². The first-order valence-corrected chi connectivity index (χ1v) is 12.0. The molecule has 0 atom stereocenters. The third-order valence-electron chi connectivity index (χ3n) is 6.39. The largest absolute Gasteiger partial charge is 0.350 e. The predicted molar refractivity (Wildman–Crippen MR) is 121 cm³/mol. The van der Waals surface area contributed by atoms with Crippen molar-refractivity contribution in [2.45, 2.75) is 59.3 Å². The minimum atomic E-state index is -3.95. The van der Waals surface area contributed by atoms with Crippen molar-refractivity contribution in [3.05, 3.63) is 45.8 Å². The zero-order chi connectivity index (χ0) is 22.4. The molecule has 3 rings (SSSR count). The summed E-state index contributed by atoms with van der Waals surface area (Å²) in [6, 6.07) is 3.91. The van der Waals surface area contributed by atoms with Crippen LogP contribution in [-0.4, -0.2) is 36.9 Å². The maximum absolute atomic E-state index is 13.5. The first kappa shape index (κ1) is 22.4. The third-order valence-corrected chi connectivity index (χ3v) is 7.90. The number of piperidine rings is 1. The molecule has 1 aromatic heterocycles. The molecule has 0 saturated carbocycles. The fraction of sp³-hybridized carbons (Fsp3) is 0.522. The van der Waals surface area contributed by atoms with E-state index in [1.165, 1.54) is 0 Å². The highest BCUT2D eigenvalue weighted by Crippen LogP contribution is 2.32. The van der Waals surface area contributed by atoms with Gasteiger partial charge in [-0.05, 0) is 64.5 Å². The first-order valence-electron chi connectivity index (χ1n) is 10.5. The summed E-state index contributed by atoms with van der Waals surface area (Å²) >= 11 is 0. The molecular weight excluding hydrogens is 398 g/mol. The topological polar surface area (TPSA) is 71.4 Å². The van der Waals surface area contributed by atoms with E-state index < -0.39 is 10.0 Å². The van der Waals surface area contributed by atoms with Crippen LogP contribution in [0, 0.1) is 40.5 Å². The van der Waals surface area contributed by atoms with Gasteiger partial charge in [0, 0.05) is 31.5 Å². The summed E-state index contributed by atoms with van der Waals surface area (Å²) in [6.45, 7) is 12.8. The number of likely N-dealkylation sites (tertiary alicyclic amines) is 1. The van der Waals surface area contributed by atoms with Gasteiger partial charge in [-0.25, -0.2) is 8.42 Å². The Morgan fingerprint density at radius 2 is 1.53 bits per heavy atom. The molecule has 30 heavy (non-hydrogen) atoms. The molecule has 0 aliphatic carbocycles. The van der Waals surface area contributed by atoms with E-state index in [0.717, 1.165) is 29.5 Å². The number of aryl methyl sites for hydroxylation is 3. The van der Waals surface area contributed by atoms with E-state index in [1.807, 2.05) is 39.8 Å². The summed E-state index contributed by atoms with van der Waals surface area (Å²) in [7, 11) is -2.14. The molecule has 0 unspecified atom stereocenters. The Morgan fingerprint density at radius 3 is 2.07 bits per heavy atom. The zero-order valence-corrected chi connectivity index (χ0v) is 19.9. The lowest BCUT2D eigenvalue weighted by molar-refractivity contribution is 0.0692. The Labute approximate surface area is 180 Å². The number of carbonyl (C=O) groups is 1. The molecule has 1 saturated heterocycles. The monoisotopic (exact) mass is 431 g/mol. The highest BCUT2D eigenvalue weighted by molar-refractivity contribution is 7.92. The Morgan fingerprint density at radius 1 is 1.00 bits per heavy atom. The van der Waals surface area contributed by atoms with Gasteiger partial charge in [-0.15, -0.1) is 0 Å². The molecule has 6 nitrogen and oxygen atoms in total. The Hall–Kier alpha value is -2.28. The molecule has 164 valence electrons. The Balaban J connectivity index is 2.07. The summed E-state index contributed by atoms with van der Waals surface area (Å²) < 4.78 is 31.7. The van der Waals surface area contributed by atoms with E-state index >= 15 is 0 Å². The summed E-state index contributed by atoms with van der Waals surface area (Å²) in [5.41, 5.74) is 4.91. The zero-order valence-electron chi connectivity index (χ0n) is 19.1. The number of nitrogens with zero attached hydrogens (tertiary/aromatic N) is 2. The lowest BCUT2D eigenvalue weighted by Crippen LogP contribution is -2.38. The summed E-state index contributed by atoms with van der Waals surface area (Å²) in [5, 5.41) is 0. The molecule has 0 radical (unpaired) electrons. The fourth-order valence-electron chi connectivity index (χ4n) is 4.39. The number of carbonyl (C=O) groups excluding carboxylic acids is 1. The van der Waals surface area contributed by atoms with Gasteiger partial charge < -0.3 is 9.47 Å². The van der Waals surface area contributed by atoms with Crippen LogP contribution in [-0.2, 0) is 17.1 Å². The van der Waals surface area contributed by atoms with E-state index in [-0.39, 0.29) is 10.8 Å². The van der Waals surface area contributed by atoms with E-state index in [2.05, 4.69) is 11.6 Å². The van der Waals surface area contributed by atoms with Crippen LogP contribution in [0.2, 0.25) is 0 Å². The van der Waals surface area contributed by atoms with Crippen molar-refractivity contribution in [3.8, 4) is 0 Å². The second-order valence-corrected chi connectivity index (χ2v) is 10.4.